The van der Waals surface area contributed by atoms with E-state index >= 15 is 0 Å². The van der Waals surface area contributed by atoms with Crippen molar-refractivity contribution in [1.82, 2.24) is 0 Å². The van der Waals surface area contributed by atoms with E-state index in [1.54, 1.807) is 0 Å². The molecule has 0 aromatic carbocycles. The summed E-state index contributed by atoms with van der Waals surface area (Å²) in [4.78, 5) is 10.8. The maximum Gasteiger partial charge on any atom is 0.123 e. The molecule has 1 heteroatoms. The second-order valence-corrected chi connectivity index (χ2v) is 8.81. The Balaban J connectivity index is 3.04. The number of carbonyl (C=O) groups excluding carboxylic acids is 1. The molecule has 0 heterocycles. The van der Waals surface area contributed by atoms with Crippen LogP contribution in [0.15, 0.2) is 0 Å². The van der Waals surface area contributed by atoms with Crippen LogP contribution in [0.4, 0.5) is 0 Å². The maximum absolute atomic E-state index is 10.8. The molecule has 0 N–H and O–H groups in total. The van der Waals surface area contributed by atoms with Crippen molar-refractivity contribution in [3.05, 3.63) is 0 Å². The van der Waals surface area contributed by atoms with Crippen molar-refractivity contribution in [1.29, 1.82) is 0 Å². The fourth-order valence-electron chi connectivity index (χ4n) is 4.03. The normalized spacial score (nSPS) is 12.4. The number of hydrogen-bond donors (Lipinski definition) is 0. The molecule has 0 fully saturated rings. The molecule has 0 bridgehead atoms. The second kappa shape index (κ2) is 23.7. The lowest BCUT2D eigenvalue weighted by Crippen LogP contribution is -1.99. The largest absolute Gasteiger partial charge is 0.303 e. The van der Waals surface area contributed by atoms with Gasteiger partial charge in [-0.2, -0.15) is 0 Å². The van der Waals surface area contributed by atoms with E-state index in [0.29, 0.717) is 5.92 Å². The molecule has 0 rings (SSSR count). The first-order chi connectivity index (χ1) is 13.3. The van der Waals surface area contributed by atoms with Crippen LogP contribution < -0.4 is 0 Å². The molecule has 0 spiro atoms. The quantitative estimate of drug-likeness (QED) is 0.127. The van der Waals surface area contributed by atoms with E-state index in [0.717, 1.165) is 19.1 Å². The second-order valence-electron chi connectivity index (χ2n) is 8.81. The highest BCUT2D eigenvalue weighted by atomic mass is 16.1. The lowest BCUT2D eigenvalue weighted by Gasteiger charge is -2.06. The third-order valence-electron chi connectivity index (χ3n) is 6.15. The van der Waals surface area contributed by atoms with Crippen molar-refractivity contribution in [3.63, 3.8) is 0 Å². The Morgan fingerprint density at radius 1 is 0.481 bits per heavy atom. The van der Waals surface area contributed by atoms with Gasteiger partial charge in [0.1, 0.15) is 6.29 Å². The van der Waals surface area contributed by atoms with Crippen LogP contribution in [0.5, 0.6) is 0 Å². The molecular formula is C26H52O. The lowest BCUT2D eigenvalue weighted by molar-refractivity contribution is -0.111. The zero-order valence-electron chi connectivity index (χ0n) is 19.1. The van der Waals surface area contributed by atoms with E-state index in [4.69, 9.17) is 0 Å². The van der Waals surface area contributed by atoms with Gasteiger partial charge in [-0.3, -0.25) is 0 Å². The summed E-state index contributed by atoms with van der Waals surface area (Å²) in [7, 11) is 0. The van der Waals surface area contributed by atoms with Crippen LogP contribution in [0.3, 0.4) is 0 Å². The molecule has 27 heavy (non-hydrogen) atoms. The van der Waals surface area contributed by atoms with Crippen molar-refractivity contribution in [2.24, 2.45) is 5.92 Å². The fraction of sp³-hybridized carbons (Fsp3) is 0.962. The highest BCUT2D eigenvalue weighted by Gasteiger charge is 2.03. The molecular weight excluding hydrogens is 328 g/mol. The minimum Gasteiger partial charge on any atom is -0.303 e. The van der Waals surface area contributed by atoms with Crippen LogP contribution in [0.25, 0.3) is 0 Å². The molecule has 0 amide bonds. The third kappa shape index (κ3) is 21.8. The molecule has 1 atom stereocenters. The van der Waals surface area contributed by atoms with Crippen LogP contribution in [0, 0.1) is 5.92 Å². The van der Waals surface area contributed by atoms with Crippen LogP contribution in [-0.4, -0.2) is 6.29 Å². The lowest BCUT2D eigenvalue weighted by atomic mass is 9.99. The summed E-state index contributed by atoms with van der Waals surface area (Å²) in [5.74, 6) is 0.320. The summed E-state index contributed by atoms with van der Waals surface area (Å²) in [6.45, 7) is 4.41. The van der Waals surface area contributed by atoms with Gasteiger partial charge in [-0.25, -0.2) is 0 Å². The number of hydrogen-bond acceptors (Lipinski definition) is 1. The van der Waals surface area contributed by atoms with Gasteiger partial charge in [-0.05, 0) is 12.8 Å². The van der Waals surface area contributed by atoms with E-state index in [1.165, 1.54) is 128 Å². The zero-order valence-corrected chi connectivity index (χ0v) is 19.1. The molecule has 0 aliphatic heterocycles. The highest BCUT2D eigenvalue weighted by molar-refractivity contribution is 5.53. The zero-order chi connectivity index (χ0) is 19.8. The van der Waals surface area contributed by atoms with Gasteiger partial charge < -0.3 is 4.79 Å². The fourth-order valence-corrected chi connectivity index (χ4v) is 4.03. The molecule has 1 unspecified atom stereocenters. The van der Waals surface area contributed by atoms with Crippen molar-refractivity contribution in [3.8, 4) is 0 Å². The summed E-state index contributed by atoms with van der Waals surface area (Å²) in [5, 5.41) is 0. The predicted molar refractivity (Wildman–Crippen MR) is 122 cm³/mol. The molecule has 1 nitrogen and oxygen atoms in total. The van der Waals surface area contributed by atoms with Crippen LogP contribution in [0.2, 0.25) is 0 Å². The summed E-state index contributed by atoms with van der Waals surface area (Å²) in [6, 6.07) is 0. The average Bonchev–Trinajstić information content (AvgIpc) is 2.69. The Morgan fingerprint density at radius 3 is 1.04 bits per heavy atom. The van der Waals surface area contributed by atoms with Crippen LogP contribution >= 0.6 is 0 Å². The summed E-state index contributed by atoms with van der Waals surface area (Å²) >= 11 is 0. The van der Waals surface area contributed by atoms with Gasteiger partial charge in [0.2, 0.25) is 0 Å². The van der Waals surface area contributed by atoms with E-state index in [-0.39, 0.29) is 0 Å². The van der Waals surface area contributed by atoms with E-state index < -0.39 is 0 Å². The van der Waals surface area contributed by atoms with Gasteiger partial charge in [-0.15, -0.1) is 0 Å². The van der Waals surface area contributed by atoms with E-state index in [1.807, 2.05) is 0 Å². The first-order valence-electron chi connectivity index (χ1n) is 12.8. The minimum atomic E-state index is 0.320. The predicted octanol–water partition coefficient (Wildman–Crippen LogP) is 9.42. The van der Waals surface area contributed by atoms with Gasteiger partial charge in [-0.1, -0.05) is 142 Å². The molecule has 0 saturated heterocycles. The first-order valence-corrected chi connectivity index (χ1v) is 12.8. The highest BCUT2D eigenvalue weighted by Crippen LogP contribution is 2.16. The standard InChI is InChI=1S/C26H52O/c1-3-5-6-7-8-9-10-11-12-13-14-15-16-17-18-19-20-21-22-23-24-26(4-2)25-27/h25-26H,3-24H2,1-2H3. The Kier molecular flexibility index (Phi) is 23.4. The van der Waals surface area contributed by atoms with E-state index in [9.17, 15) is 4.79 Å². The molecule has 0 radical (unpaired) electrons. The van der Waals surface area contributed by atoms with Crippen molar-refractivity contribution in [2.75, 3.05) is 0 Å². The molecule has 0 aliphatic rings. The Labute approximate surface area is 172 Å². The minimum absolute atomic E-state index is 0.320. The molecule has 0 aliphatic carbocycles. The smallest absolute Gasteiger partial charge is 0.123 e. The molecule has 0 aromatic rings. The Morgan fingerprint density at radius 2 is 0.778 bits per heavy atom. The topological polar surface area (TPSA) is 17.1 Å². The summed E-state index contributed by atoms with van der Waals surface area (Å²) < 4.78 is 0. The molecule has 0 saturated carbocycles. The Bertz CT molecular complexity index is 273. The van der Waals surface area contributed by atoms with Crippen molar-refractivity contribution in [2.45, 2.75) is 155 Å². The maximum atomic E-state index is 10.8. The number of aldehydes is 1. The average molecular weight is 381 g/mol. The molecule has 162 valence electrons. The Hall–Kier alpha value is -0.330. The number of carbonyl (C=O) groups is 1. The summed E-state index contributed by atoms with van der Waals surface area (Å²) in [6.07, 6.45) is 31.8. The summed E-state index contributed by atoms with van der Waals surface area (Å²) in [5.41, 5.74) is 0. The van der Waals surface area contributed by atoms with Crippen LogP contribution in [0.1, 0.15) is 155 Å². The van der Waals surface area contributed by atoms with Gasteiger partial charge in [0.15, 0.2) is 0 Å². The molecule has 0 aromatic heterocycles. The van der Waals surface area contributed by atoms with Crippen molar-refractivity contribution < 1.29 is 4.79 Å². The number of rotatable bonds is 23. The van der Waals surface area contributed by atoms with Gasteiger partial charge >= 0.3 is 0 Å². The van der Waals surface area contributed by atoms with E-state index in [2.05, 4.69) is 13.8 Å². The first kappa shape index (κ1) is 26.7. The number of unbranched alkanes of at least 4 members (excludes halogenated alkanes) is 19. The van der Waals surface area contributed by atoms with Gasteiger partial charge in [0.05, 0.1) is 0 Å². The monoisotopic (exact) mass is 380 g/mol. The van der Waals surface area contributed by atoms with Gasteiger partial charge in [0.25, 0.3) is 0 Å². The van der Waals surface area contributed by atoms with Crippen molar-refractivity contribution >= 4 is 6.29 Å². The SMILES string of the molecule is CCCCCCCCCCCCCCCCCCCCCCC(C=O)CC. The third-order valence-corrected chi connectivity index (χ3v) is 6.15. The van der Waals surface area contributed by atoms with Gasteiger partial charge in [0, 0.05) is 5.92 Å². The van der Waals surface area contributed by atoms with Crippen LogP contribution in [-0.2, 0) is 4.79 Å².